The molecule has 0 radical (unpaired) electrons. The summed E-state index contributed by atoms with van der Waals surface area (Å²) in [5, 5.41) is 0. The fraction of sp³-hybridized carbons (Fsp3) is 0.800. The van der Waals surface area contributed by atoms with Gasteiger partial charge in [0, 0.05) is 0 Å². The van der Waals surface area contributed by atoms with Crippen molar-refractivity contribution < 1.29 is 9.47 Å². The molecule has 0 saturated carbocycles. The molecule has 1 fully saturated rings. The monoisotopic (exact) mass is 170 g/mol. The third kappa shape index (κ3) is 2.08. The Morgan fingerprint density at radius 1 is 1.50 bits per heavy atom. The Morgan fingerprint density at radius 2 is 2.08 bits per heavy atom. The van der Waals surface area contributed by atoms with Gasteiger partial charge in [0.05, 0.1) is 12.7 Å². The highest BCUT2D eigenvalue weighted by molar-refractivity contribution is 5.06. The van der Waals surface area contributed by atoms with Crippen LogP contribution in [-0.4, -0.2) is 18.5 Å². The average Bonchev–Trinajstić information content (AvgIpc) is 1.94. The number of hydrogen-bond donors (Lipinski definition) is 0. The quantitative estimate of drug-likeness (QED) is 0.562. The maximum Gasteiger partial charge on any atom is 0.164 e. The third-order valence-electron chi connectivity index (χ3n) is 2.02. The van der Waals surface area contributed by atoms with Crippen LogP contribution in [0, 0.1) is 5.92 Å². The van der Waals surface area contributed by atoms with E-state index in [1.165, 1.54) is 0 Å². The molecule has 0 aromatic rings. The minimum Gasteiger partial charge on any atom is -0.346 e. The van der Waals surface area contributed by atoms with Crippen molar-refractivity contribution in [1.82, 2.24) is 0 Å². The van der Waals surface area contributed by atoms with Gasteiger partial charge in [-0.1, -0.05) is 20.4 Å². The standard InChI is InChI=1S/C10H18O2/c1-7(2)9-8(3)6-11-10(4,5)12-9/h7,9H,3,6H2,1-2,4-5H3. The van der Waals surface area contributed by atoms with E-state index < -0.39 is 5.79 Å². The topological polar surface area (TPSA) is 18.5 Å². The first kappa shape index (κ1) is 9.75. The van der Waals surface area contributed by atoms with Gasteiger partial charge in [0.2, 0.25) is 0 Å². The summed E-state index contributed by atoms with van der Waals surface area (Å²) in [6, 6.07) is 0. The summed E-state index contributed by atoms with van der Waals surface area (Å²) in [6.45, 7) is 12.7. The Balaban J connectivity index is 2.66. The first-order valence-electron chi connectivity index (χ1n) is 4.42. The molecule has 0 amide bonds. The Labute approximate surface area is 74.6 Å². The lowest BCUT2D eigenvalue weighted by atomic mass is 9.99. The number of ether oxygens (including phenoxy) is 2. The third-order valence-corrected chi connectivity index (χ3v) is 2.02. The van der Waals surface area contributed by atoms with Crippen LogP contribution < -0.4 is 0 Å². The Morgan fingerprint density at radius 3 is 2.50 bits per heavy atom. The molecular weight excluding hydrogens is 152 g/mol. The molecule has 0 aliphatic carbocycles. The second-order valence-corrected chi connectivity index (χ2v) is 4.13. The van der Waals surface area contributed by atoms with Gasteiger partial charge in [-0.15, -0.1) is 0 Å². The molecule has 2 nitrogen and oxygen atoms in total. The van der Waals surface area contributed by atoms with Crippen molar-refractivity contribution in [2.45, 2.75) is 39.6 Å². The largest absolute Gasteiger partial charge is 0.346 e. The van der Waals surface area contributed by atoms with Crippen molar-refractivity contribution in [1.29, 1.82) is 0 Å². The van der Waals surface area contributed by atoms with Gasteiger partial charge in [-0.05, 0) is 25.3 Å². The highest BCUT2D eigenvalue weighted by Gasteiger charge is 2.33. The van der Waals surface area contributed by atoms with E-state index >= 15 is 0 Å². The van der Waals surface area contributed by atoms with E-state index in [1.807, 2.05) is 13.8 Å². The second-order valence-electron chi connectivity index (χ2n) is 4.13. The molecule has 0 aromatic carbocycles. The molecule has 1 aliphatic heterocycles. The van der Waals surface area contributed by atoms with E-state index in [-0.39, 0.29) is 6.10 Å². The SMILES string of the molecule is C=C1COC(C)(C)OC1C(C)C. The normalized spacial score (nSPS) is 29.4. The highest BCUT2D eigenvalue weighted by Crippen LogP contribution is 2.28. The molecule has 0 aromatic heterocycles. The fourth-order valence-electron chi connectivity index (χ4n) is 1.38. The summed E-state index contributed by atoms with van der Waals surface area (Å²) in [5.41, 5.74) is 1.05. The average molecular weight is 170 g/mol. The van der Waals surface area contributed by atoms with Gasteiger partial charge < -0.3 is 9.47 Å². The summed E-state index contributed by atoms with van der Waals surface area (Å²) in [4.78, 5) is 0. The van der Waals surface area contributed by atoms with Crippen LogP contribution in [0.15, 0.2) is 12.2 Å². The molecule has 1 rings (SSSR count). The van der Waals surface area contributed by atoms with Crippen LogP contribution >= 0.6 is 0 Å². The smallest absolute Gasteiger partial charge is 0.164 e. The minimum atomic E-state index is -0.448. The maximum absolute atomic E-state index is 5.73. The van der Waals surface area contributed by atoms with Gasteiger partial charge in [0.15, 0.2) is 5.79 Å². The van der Waals surface area contributed by atoms with Crippen molar-refractivity contribution >= 4 is 0 Å². The van der Waals surface area contributed by atoms with Crippen LogP contribution in [0.3, 0.4) is 0 Å². The lowest BCUT2D eigenvalue weighted by molar-refractivity contribution is -0.258. The van der Waals surface area contributed by atoms with Gasteiger partial charge >= 0.3 is 0 Å². The minimum absolute atomic E-state index is 0.147. The Hall–Kier alpha value is -0.340. The van der Waals surface area contributed by atoms with Crippen LogP contribution in [0.25, 0.3) is 0 Å². The summed E-state index contributed by atoms with van der Waals surface area (Å²) in [5.74, 6) is 0.0246. The van der Waals surface area contributed by atoms with Gasteiger partial charge in [-0.25, -0.2) is 0 Å². The van der Waals surface area contributed by atoms with Crippen LogP contribution in [0.4, 0.5) is 0 Å². The molecule has 1 aliphatic rings. The van der Waals surface area contributed by atoms with Crippen molar-refractivity contribution in [2.75, 3.05) is 6.61 Å². The zero-order valence-corrected chi connectivity index (χ0v) is 8.39. The maximum atomic E-state index is 5.73. The summed E-state index contributed by atoms with van der Waals surface area (Å²) >= 11 is 0. The molecule has 1 unspecified atom stereocenters. The van der Waals surface area contributed by atoms with Gasteiger partial charge in [0.25, 0.3) is 0 Å². The first-order valence-corrected chi connectivity index (χ1v) is 4.42. The Kier molecular flexibility index (Phi) is 2.59. The molecule has 0 N–H and O–H groups in total. The zero-order valence-electron chi connectivity index (χ0n) is 8.39. The molecule has 1 atom stereocenters. The van der Waals surface area contributed by atoms with E-state index in [0.717, 1.165) is 5.57 Å². The number of rotatable bonds is 1. The van der Waals surface area contributed by atoms with E-state index in [2.05, 4.69) is 20.4 Å². The van der Waals surface area contributed by atoms with Gasteiger partial charge in [-0.2, -0.15) is 0 Å². The molecule has 0 spiro atoms. The lowest BCUT2D eigenvalue weighted by Gasteiger charge is -2.39. The van der Waals surface area contributed by atoms with E-state index in [0.29, 0.717) is 12.5 Å². The fourth-order valence-corrected chi connectivity index (χ4v) is 1.38. The molecule has 1 saturated heterocycles. The van der Waals surface area contributed by atoms with Crippen LogP contribution in [0.1, 0.15) is 27.7 Å². The predicted molar refractivity (Wildman–Crippen MR) is 48.9 cm³/mol. The van der Waals surface area contributed by atoms with Crippen molar-refractivity contribution in [3.05, 3.63) is 12.2 Å². The van der Waals surface area contributed by atoms with Gasteiger partial charge in [0.1, 0.15) is 0 Å². The molecule has 12 heavy (non-hydrogen) atoms. The molecule has 1 heterocycles. The van der Waals surface area contributed by atoms with Crippen LogP contribution in [0.2, 0.25) is 0 Å². The lowest BCUT2D eigenvalue weighted by Crippen LogP contribution is -2.43. The summed E-state index contributed by atoms with van der Waals surface area (Å²) in [7, 11) is 0. The zero-order chi connectivity index (χ0) is 9.35. The predicted octanol–water partition coefficient (Wildman–Crippen LogP) is 2.35. The van der Waals surface area contributed by atoms with E-state index in [1.54, 1.807) is 0 Å². The molecular formula is C10H18O2. The Bertz CT molecular complexity index is 182. The van der Waals surface area contributed by atoms with Crippen molar-refractivity contribution in [3.8, 4) is 0 Å². The summed E-state index contributed by atoms with van der Waals surface area (Å²) < 4.78 is 11.2. The number of hydrogen-bond acceptors (Lipinski definition) is 2. The highest BCUT2D eigenvalue weighted by atomic mass is 16.7. The van der Waals surface area contributed by atoms with Crippen LogP contribution in [0.5, 0.6) is 0 Å². The summed E-state index contributed by atoms with van der Waals surface area (Å²) in [6.07, 6.45) is 0.147. The first-order chi connectivity index (χ1) is 5.42. The van der Waals surface area contributed by atoms with Crippen molar-refractivity contribution in [2.24, 2.45) is 5.92 Å². The van der Waals surface area contributed by atoms with Crippen molar-refractivity contribution in [3.63, 3.8) is 0 Å². The molecule has 70 valence electrons. The molecule has 0 bridgehead atoms. The second kappa shape index (κ2) is 3.19. The molecule has 2 heteroatoms. The van der Waals surface area contributed by atoms with E-state index in [9.17, 15) is 0 Å². The van der Waals surface area contributed by atoms with E-state index in [4.69, 9.17) is 9.47 Å². The van der Waals surface area contributed by atoms with Gasteiger partial charge in [-0.3, -0.25) is 0 Å². The van der Waals surface area contributed by atoms with Crippen LogP contribution in [-0.2, 0) is 9.47 Å².